The minimum absolute atomic E-state index is 0.0883. The molecule has 0 heterocycles. The van der Waals surface area contributed by atoms with Gasteiger partial charge in [-0.25, -0.2) is 0 Å². The second-order valence-electron chi connectivity index (χ2n) is 3.84. The van der Waals surface area contributed by atoms with Crippen LogP contribution in [0.3, 0.4) is 0 Å². The fraction of sp³-hybridized carbons (Fsp3) is 0.909. The Morgan fingerprint density at radius 1 is 1.31 bits per heavy atom. The third-order valence-corrected chi connectivity index (χ3v) is 4.97. The second-order valence-corrected chi connectivity index (χ2v) is 5.52. The molecule has 1 fully saturated rings. The van der Waals surface area contributed by atoms with Crippen LogP contribution in [0.2, 0.25) is 0 Å². The fourth-order valence-corrected chi connectivity index (χ4v) is 3.52. The molecule has 0 N–H and O–H groups in total. The lowest BCUT2D eigenvalue weighted by atomic mass is 10.1. The van der Waals surface area contributed by atoms with Gasteiger partial charge in [-0.2, -0.15) is 5.26 Å². The zero-order chi connectivity index (χ0) is 9.73. The zero-order valence-electron chi connectivity index (χ0n) is 8.68. The number of nitrogens with zero attached hydrogens (tertiary/aromatic N) is 1. The largest absolute Gasteiger partial charge is 0.197 e. The lowest BCUT2D eigenvalue weighted by Gasteiger charge is -2.26. The summed E-state index contributed by atoms with van der Waals surface area (Å²) in [5.74, 6) is 0. The van der Waals surface area contributed by atoms with Crippen molar-refractivity contribution >= 4 is 11.8 Å². The molecule has 1 aliphatic carbocycles. The molecule has 74 valence electrons. The molecule has 0 amide bonds. The Labute approximate surface area is 85.9 Å². The molecule has 0 atom stereocenters. The van der Waals surface area contributed by atoms with Gasteiger partial charge < -0.3 is 0 Å². The maximum atomic E-state index is 9.17. The molecular formula is C11H19NS. The quantitative estimate of drug-likeness (QED) is 0.685. The van der Waals surface area contributed by atoms with Crippen LogP contribution in [0.4, 0.5) is 0 Å². The first-order valence-electron chi connectivity index (χ1n) is 5.35. The van der Waals surface area contributed by atoms with Gasteiger partial charge in [0.1, 0.15) is 4.75 Å². The van der Waals surface area contributed by atoms with E-state index in [9.17, 15) is 0 Å². The van der Waals surface area contributed by atoms with E-state index in [0.717, 1.165) is 18.1 Å². The first kappa shape index (κ1) is 10.9. The van der Waals surface area contributed by atoms with Crippen molar-refractivity contribution in [2.24, 2.45) is 0 Å². The van der Waals surface area contributed by atoms with Crippen LogP contribution in [-0.2, 0) is 0 Å². The van der Waals surface area contributed by atoms with Crippen LogP contribution in [0, 0.1) is 11.3 Å². The van der Waals surface area contributed by atoms with Crippen molar-refractivity contribution in [3.63, 3.8) is 0 Å². The third-order valence-electron chi connectivity index (χ3n) is 3.04. The van der Waals surface area contributed by atoms with E-state index in [4.69, 9.17) is 5.26 Å². The van der Waals surface area contributed by atoms with Gasteiger partial charge >= 0.3 is 0 Å². The molecule has 0 unspecified atom stereocenters. The maximum Gasteiger partial charge on any atom is 0.102 e. The Kier molecular flexibility index (Phi) is 4.12. The Balaban J connectivity index is 2.51. The topological polar surface area (TPSA) is 23.8 Å². The van der Waals surface area contributed by atoms with E-state index >= 15 is 0 Å². The minimum atomic E-state index is -0.0883. The maximum absolute atomic E-state index is 9.17. The number of hydrogen-bond donors (Lipinski definition) is 0. The summed E-state index contributed by atoms with van der Waals surface area (Å²) in [7, 11) is 0. The summed E-state index contributed by atoms with van der Waals surface area (Å²) in [5, 5.41) is 9.93. The summed E-state index contributed by atoms with van der Waals surface area (Å²) in [6.07, 6.45) is 7.36. The van der Waals surface area contributed by atoms with Crippen LogP contribution in [0.15, 0.2) is 0 Å². The van der Waals surface area contributed by atoms with Gasteiger partial charge in [0.05, 0.1) is 6.07 Å². The second kappa shape index (κ2) is 4.91. The van der Waals surface area contributed by atoms with Crippen molar-refractivity contribution in [3.8, 4) is 6.07 Å². The monoisotopic (exact) mass is 197 g/mol. The van der Waals surface area contributed by atoms with Crippen molar-refractivity contribution < 1.29 is 0 Å². The molecule has 1 saturated carbocycles. The molecule has 0 saturated heterocycles. The van der Waals surface area contributed by atoms with Crippen LogP contribution < -0.4 is 0 Å². The molecule has 0 aliphatic heterocycles. The number of nitriles is 1. The first-order valence-corrected chi connectivity index (χ1v) is 6.23. The zero-order valence-corrected chi connectivity index (χ0v) is 9.49. The van der Waals surface area contributed by atoms with E-state index in [0.29, 0.717) is 0 Å². The molecule has 0 spiro atoms. The average Bonchev–Trinajstić information content (AvgIpc) is 2.67. The fourth-order valence-electron chi connectivity index (χ4n) is 1.93. The van der Waals surface area contributed by atoms with E-state index < -0.39 is 0 Å². The van der Waals surface area contributed by atoms with Crippen molar-refractivity contribution in [2.45, 2.75) is 62.4 Å². The molecule has 0 aromatic heterocycles. The summed E-state index contributed by atoms with van der Waals surface area (Å²) in [5.41, 5.74) is 0. The van der Waals surface area contributed by atoms with Crippen LogP contribution in [0.1, 0.15) is 52.4 Å². The number of thioether (sulfide) groups is 1. The van der Waals surface area contributed by atoms with Gasteiger partial charge in [-0.3, -0.25) is 0 Å². The smallest absolute Gasteiger partial charge is 0.102 e. The lowest BCUT2D eigenvalue weighted by Crippen LogP contribution is -2.23. The van der Waals surface area contributed by atoms with Crippen molar-refractivity contribution in [2.75, 3.05) is 0 Å². The van der Waals surface area contributed by atoms with Crippen LogP contribution >= 0.6 is 11.8 Å². The van der Waals surface area contributed by atoms with Gasteiger partial charge in [0.15, 0.2) is 0 Å². The van der Waals surface area contributed by atoms with Crippen molar-refractivity contribution in [1.29, 1.82) is 5.26 Å². The Hall–Kier alpha value is -0.160. The third kappa shape index (κ3) is 2.64. The highest BCUT2D eigenvalue weighted by Gasteiger charge is 2.31. The van der Waals surface area contributed by atoms with E-state index in [2.05, 4.69) is 19.9 Å². The van der Waals surface area contributed by atoms with Gasteiger partial charge in [0.25, 0.3) is 0 Å². The van der Waals surface area contributed by atoms with E-state index in [1.807, 2.05) is 11.8 Å². The highest BCUT2D eigenvalue weighted by atomic mass is 32.2. The molecule has 1 nitrogen and oxygen atoms in total. The van der Waals surface area contributed by atoms with E-state index in [1.165, 1.54) is 25.7 Å². The Morgan fingerprint density at radius 3 is 2.23 bits per heavy atom. The minimum Gasteiger partial charge on any atom is -0.197 e. The summed E-state index contributed by atoms with van der Waals surface area (Å²) < 4.78 is -0.0883. The molecule has 0 aromatic rings. The summed E-state index contributed by atoms with van der Waals surface area (Å²) in [4.78, 5) is 0. The summed E-state index contributed by atoms with van der Waals surface area (Å²) in [6, 6.07) is 2.50. The average molecular weight is 197 g/mol. The van der Waals surface area contributed by atoms with Crippen LogP contribution in [-0.4, -0.2) is 10.00 Å². The normalized spacial score (nSPS) is 18.8. The van der Waals surface area contributed by atoms with Crippen molar-refractivity contribution in [3.05, 3.63) is 0 Å². The Morgan fingerprint density at radius 2 is 1.85 bits per heavy atom. The van der Waals surface area contributed by atoms with Crippen LogP contribution in [0.25, 0.3) is 0 Å². The molecule has 0 aromatic carbocycles. The number of hydrogen-bond acceptors (Lipinski definition) is 2. The first-order chi connectivity index (χ1) is 6.26. The molecule has 1 aliphatic rings. The van der Waals surface area contributed by atoms with Gasteiger partial charge in [-0.05, 0) is 25.7 Å². The SMILES string of the molecule is CCC(C#N)(CC)SC1CCCC1. The number of rotatable bonds is 4. The van der Waals surface area contributed by atoms with Gasteiger partial charge in [0, 0.05) is 5.25 Å². The predicted octanol–water partition coefficient (Wildman–Crippen LogP) is 3.74. The standard InChI is InChI=1S/C11H19NS/c1-3-11(4-2,9-12)13-10-7-5-6-8-10/h10H,3-8H2,1-2H3. The van der Waals surface area contributed by atoms with Gasteiger partial charge in [-0.1, -0.05) is 26.7 Å². The molecule has 13 heavy (non-hydrogen) atoms. The highest BCUT2D eigenvalue weighted by molar-refractivity contribution is 8.01. The van der Waals surface area contributed by atoms with Crippen LogP contribution in [0.5, 0.6) is 0 Å². The van der Waals surface area contributed by atoms with Gasteiger partial charge in [0.2, 0.25) is 0 Å². The predicted molar refractivity (Wildman–Crippen MR) is 58.8 cm³/mol. The van der Waals surface area contributed by atoms with Gasteiger partial charge in [-0.15, -0.1) is 11.8 Å². The van der Waals surface area contributed by atoms with E-state index in [1.54, 1.807) is 0 Å². The molecule has 0 bridgehead atoms. The highest BCUT2D eigenvalue weighted by Crippen LogP contribution is 2.41. The summed E-state index contributed by atoms with van der Waals surface area (Å²) in [6.45, 7) is 4.27. The Bertz CT molecular complexity index is 185. The molecule has 2 heteroatoms. The van der Waals surface area contributed by atoms with Crippen molar-refractivity contribution in [1.82, 2.24) is 0 Å². The van der Waals surface area contributed by atoms with E-state index in [-0.39, 0.29) is 4.75 Å². The molecule has 1 rings (SSSR count). The molecule has 0 radical (unpaired) electrons. The lowest BCUT2D eigenvalue weighted by molar-refractivity contribution is 0.665. The molecular weight excluding hydrogens is 178 g/mol. The summed E-state index contributed by atoms with van der Waals surface area (Å²) >= 11 is 1.94.